The predicted molar refractivity (Wildman–Crippen MR) is 127 cm³/mol. The van der Waals surface area contributed by atoms with E-state index in [1.807, 2.05) is 0 Å². The molecule has 0 spiro atoms. The zero-order valence-corrected chi connectivity index (χ0v) is 19.0. The van der Waals surface area contributed by atoms with E-state index in [-0.39, 0.29) is 5.52 Å². The molecule has 3 heterocycles. The fraction of sp³-hybridized carbons (Fsp3) is 0.462. The van der Waals surface area contributed by atoms with Crippen molar-refractivity contribution in [3.8, 4) is 11.4 Å². The molecule has 0 radical (unpaired) electrons. The largest absolute Gasteiger partial charge is 0.366 e. The minimum atomic E-state index is -0.614. The summed E-state index contributed by atoms with van der Waals surface area (Å²) in [6.45, 7) is 5.35. The summed E-state index contributed by atoms with van der Waals surface area (Å²) < 4.78 is 30.5. The Balaban J connectivity index is 1.50. The Labute approximate surface area is 191 Å². The Morgan fingerprint density at radius 2 is 1.88 bits per heavy atom. The van der Waals surface area contributed by atoms with Crippen LogP contribution in [0.1, 0.15) is 46.0 Å². The summed E-state index contributed by atoms with van der Waals surface area (Å²) in [5, 5.41) is 5.26. The van der Waals surface area contributed by atoms with Crippen LogP contribution in [0.15, 0.2) is 30.6 Å². The molecular weight excluding hydrogens is 420 g/mol. The molecule has 3 fully saturated rings. The van der Waals surface area contributed by atoms with Crippen molar-refractivity contribution in [1.29, 1.82) is 0 Å². The van der Waals surface area contributed by atoms with Gasteiger partial charge in [-0.3, -0.25) is 0 Å². The zero-order valence-electron chi connectivity index (χ0n) is 19.0. The Morgan fingerprint density at radius 1 is 1.09 bits per heavy atom. The summed E-state index contributed by atoms with van der Waals surface area (Å²) in [5.41, 5.74) is 1.73. The number of aromatic nitrogens is 4. The SMILES string of the molecule is CCCn1ccc2c(N[C@@H]3C4CCC(CC4)[C@H]3C)nc(-c3c[nH]c4c(F)cc(F)cc34)nc21. The van der Waals surface area contributed by atoms with Crippen molar-refractivity contribution in [3.05, 3.63) is 42.2 Å². The number of benzene rings is 1. The highest BCUT2D eigenvalue weighted by Crippen LogP contribution is 2.46. The second-order valence-corrected chi connectivity index (χ2v) is 9.86. The number of nitrogens with zero attached hydrogens (tertiary/aromatic N) is 3. The number of aromatic amines is 1. The van der Waals surface area contributed by atoms with Crippen LogP contribution < -0.4 is 5.32 Å². The van der Waals surface area contributed by atoms with Gasteiger partial charge in [0.05, 0.1) is 10.9 Å². The molecule has 4 aromatic rings. The van der Waals surface area contributed by atoms with Gasteiger partial charge in [-0.1, -0.05) is 13.8 Å². The van der Waals surface area contributed by atoms with Crippen molar-refractivity contribution in [1.82, 2.24) is 19.5 Å². The lowest BCUT2D eigenvalue weighted by Gasteiger charge is -2.47. The molecule has 3 aliphatic carbocycles. The van der Waals surface area contributed by atoms with E-state index in [4.69, 9.17) is 9.97 Å². The van der Waals surface area contributed by atoms with Crippen molar-refractivity contribution in [2.24, 2.45) is 17.8 Å². The van der Waals surface area contributed by atoms with Crippen molar-refractivity contribution in [3.63, 3.8) is 0 Å². The van der Waals surface area contributed by atoms with Crippen LogP contribution in [-0.4, -0.2) is 25.6 Å². The lowest BCUT2D eigenvalue weighted by atomic mass is 9.62. The molecule has 2 atom stereocenters. The van der Waals surface area contributed by atoms with Gasteiger partial charge < -0.3 is 14.9 Å². The molecule has 5 nitrogen and oxygen atoms in total. The Kier molecular flexibility index (Phi) is 4.89. The summed E-state index contributed by atoms with van der Waals surface area (Å²) in [7, 11) is 0. The molecule has 0 unspecified atom stereocenters. The second kappa shape index (κ2) is 7.82. The van der Waals surface area contributed by atoms with Gasteiger partial charge in [-0.25, -0.2) is 18.7 Å². The van der Waals surface area contributed by atoms with Crippen LogP contribution in [0.25, 0.3) is 33.3 Å². The van der Waals surface area contributed by atoms with Crippen molar-refractivity contribution >= 4 is 27.8 Å². The van der Waals surface area contributed by atoms with E-state index in [0.717, 1.165) is 41.8 Å². The van der Waals surface area contributed by atoms with Crippen molar-refractivity contribution in [2.45, 2.75) is 58.5 Å². The fourth-order valence-electron chi connectivity index (χ4n) is 6.22. The average molecular weight is 450 g/mol. The van der Waals surface area contributed by atoms with Crippen LogP contribution in [0.4, 0.5) is 14.6 Å². The quantitative estimate of drug-likeness (QED) is 0.365. The van der Waals surface area contributed by atoms with E-state index in [1.54, 1.807) is 6.20 Å². The van der Waals surface area contributed by atoms with Crippen LogP contribution in [0, 0.1) is 29.4 Å². The van der Waals surface area contributed by atoms with E-state index in [1.165, 1.54) is 31.7 Å². The Hall–Kier alpha value is -2.96. The molecule has 7 rings (SSSR count). The van der Waals surface area contributed by atoms with Gasteiger partial charge in [-0.15, -0.1) is 0 Å². The fourth-order valence-corrected chi connectivity index (χ4v) is 6.22. The number of anilines is 1. The molecule has 3 saturated carbocycles. The highest BCUT2D eigenvalue weighted by atomic mass is 19.1. The maximum absolute atomic E-state index is 14.3. The topological polar surface area (TPSA) is 58.5 Å². The summed E-state index contributed by atoms with van der Waals surface area (Å²) in [6, 6.07) is 4.71. The standard InChI is InChI=1S/C26H29F2N5/c1-3-9-33-10-8-18-24(30-22-14(2)15-4-6-16(22)7-5-15)31-25(32-26(18)33)20-13-29-23-19(20)11-17(27)12-21(23)28/h8,10-16,22,29H,3-7,9H2,1-2H3,(H,30,31,32)/t14-,15?,16?,22+/m1/s1. The first-order chi connectivity index (χ1) is 16.0. The molecule has 172 valence electrons. The van der Waals surface area contributed by atoms with Crippen LogP contribution in [0.2, 0.25) is 0 Å². The zero-order chi connectivity index (χ0) is 22.7. The van der Waals surface area contributed by atoms with Gasteiger partial charge in [0.1, 0.15) is 23.1 Å². The number of fused-ring (bicyclic) bond motifs is 5. The number of H-pyrrole nitrogens is 1. The third kappa shape index (κ3) is 3.31. The van der Waals surface area contributed by atoms with E-state index >= 15 is 0 Å². The van der Waals surface area contributed by atoms with Gasteiger partial charge >= 0.3 is 0 Å². The first-order valence-electron chi connectivity index (χ1n) is 12.1. The number of aryl methyl sites for hydroxylation is 1. The number of nitrogens with one attached hydrogen (secondary N) is 2. The highest BCUT2D eigenvalue weighted by Gasteiger charge is 2.41. The Morgan fingerprint density at radius 3 is 2.64 bits per heavy atom. The van der Waals surface area contributed by atoms with Crippen LogP contribution in [-0.2, 0) is 6.54 Å². The van der Waals surface area contributed by atoms with Crippen LogP contribution in [0.3, 0.4) is 0 Å². The maximum Gasteiger partial charge on any atom is 0.166 e. The summed E-state index contributed by atoms with van der Waals surface area (Å²) in [6.07, 6.45) is 9.91. The summed E-state index contributed by atoms with van der Waals surface area (Å²) >= 11 is 0. The number of halogens is 2. The molecule has 3 aromatic heterocycles. The van der Waals surface area contributed by atoms with Gasteiger partial charge in [0, 0.05) is 42.0 Å². The predicted octanol–water partition coefficient (Wildman–Crippen LogP) is 6.50. The normalized spacial score (nSPS) is 24.7. The lowest BCUT2D eigenvalue weighted by molar-refractivity contribution is 0.0929. The summed E-state index contributed by atoms with van der Waals surface area (Å²) in [4.78, 5) is 12.8. The lowest BCUT2D eigenvalue weighted by Crippen LogP contribution is -2.47. The van der Waals surface area contributed by atoms with E-state index in [9.17, 15) is 8.78 Å². The maximum atomic E-state index is 14.3. The summed E-state index contributed by atoms with van der Waals surface area (Å²) in [5.74, 6) is 2.10. The number of hydrogen-bond acceptors (Lipinski definition) is 3. The smallest absolute Gasteiger partial charge is 0.166 e. The molecule has 0 aliphatic heterocycles. The van der Waals surface area contributed by atoms with Gasteiger partial charge in [0.2, 0.25) is 0 Å². The molecular formula is C26H29F2N5. The number of hydrogen-bond donors (Lipinski definition) is 2. The molecule has 1 aromatic carbocycles. The minimum absolute atomic E-state index is 0.270. The van der Waals surface area contributed by atoms with Crippen LogP contribution in [0.5, 0.6) is 0 Å². The highest BCUT2D eigenvalue weighted by molar-refractivity contribution is 5.96. The minimum Gasteiger partial charge on any atom is -0.366 e. The Bertz CT molecular complexity index is 1330. The van der Waals surface area contributed by atoms with Gasteiger partial charge in [0.15, 0.2) is 5.82 Å². The van der Waals surface area contributed by atoms with Crippen LogP contribution >= 0.6 is 0 Å². The first-order valence-corrected chi connectivity index (χ1v) is 12.1. The van der Waals surface area contributed by atoms with Gasteiger partial charge in [-0.2, -0.15) is 0 Å². The van der Waals surface area contributed by atoms with E-state index < -0.39 is 11.6 Å². The third-order valence-corrected chi connectivity index (χ3v) is 7.97. The average Bonchev–Trinajstić information content (AvgIpc) is 3.41. The molecule has 7 heteroatoms. The van der Waals surface area contributed by atoms with Gasteiger partial charge in [0.25, 0.3) is 0 Å². The third-order valence-electron chi connectivity index (χ3n) is 7.97. The first kappa shape index (κ1) is 20.6. The van der Waals surface area contributed by atoms with E-state index in [0.29, 0.717) is 34.7 Å². The monoisotopic (exact) mass is 449 g/mol. The molecule has 0 amide bonds. The van der Waals surface area contributed by atoms with E-state index in [2.05, 4.69) is 41.0 Å². The molecule has 2 bridgehead atoms. The van der Waals surface area contributed by atoms with Gasteiger partial charge in [-0.05, 0) is 62.0 Å². The second-order valence-electron chi connectivity index (χ2n) is 9.86. The molecule has 3 aliphatic rings. The molecule has 33 heavy (non-hydrogen) atoms. The molecule has 2 N–H and O–H groups in total. The number of rotatable bonds is 5. The molecule has 0 saturated heterocycles. The van der Waals surface area contributed by atoms with Crippen molar-refractivity contribution < 1.29 is 8.78 Å². The van der Waals surface area contributed by atoms with Crippen molar-refractivity contribution in [2.75, 3.05) is 5.32 Å².